The molecule has 1 fully saturated rings. The molecule has 3 aromatic rings. The van der Waals surface area contributed by atoms with E-state index >= 15 is 0 Å². The Bertz CT molecular complexity index is 1580. The van der Waals surface area contributed by atoms with Crippen LogP contribution < -0.4 is 25.8 Å². The van der Waals surface area contributed by atoms with E-state index in [2.05, 4.69) is 27.8 Å². The Morgan fingerprint density at radius 3 is 2.50 bits per heavy atom. The lowest BCUT2D eigenvalue weighted by molar-refractivity contribution is -0.140. The van der Waals surface area contributed by atoms with Gasteiger partial charge in [-0.25, -0.2) is 17.9 Å². The number of fused-ring (bicyclic) bond motifs is 1. The zero-order valence-corrected chi connectivity index (χ0v) is 25.2. The summed E-state index contributed by atoms with van der Waals surface area (Å²) in [7, 11) is -2.35. The lowest BCUT2D eigenvalue weighted by Crippen LogP contribution is -2.37. The molecule has 0 spiro atoms. The van der Waals surface area contributed by atoms with Gasteiger partial charge in [-0.2, -0.15) is 13.2 Å². The van der Waals surface area contributed by atoms with E-state index in [1.165, 1.54) is 12.1 Å². The number of rotatable bonds is 13. The molecule has 4 rings (SSSR count). The van der Waals surface area contributed by atoms with Crippen molar-refractivity contribution >= 4 is 32.3 Å². The number of halogens is 4. The average molecular weight is 640 g/mol. The van der Waals surface area contributed by atoms with E-state index in [4.69, 9.17) is 14.6 Å². The van der Waals surface area contributed by atoms with Crippen LogP contribution in [0.25, 0.3) is 10.9 Å². The number of nitrogens with zero attached hydrogens (tertiary/aromatic N) is 1. The topological polar surface area (TPSA) is 120 Å². The number of hydrogen-bond acceptors (Lipinski definition) is 7. The second kappa shape index (κ2) is 15.0. The van der Waals surface area contributed by atoms with Crippen LogP contribution in [0.4, 0.5) is 28.9 Å². The lowest BCUT2D eigenvalue weighted by atomic mass is 9.91. The molecule has 0 saturated heterocycles. The summed E-state index contributed by atoms with van der Waals surface area (Å²) in [6.45, 7) is -0.840. The van der Waals surface area contributed by atoms with Crippen molar-refractivity contribution in [3.8, 4) is 17.6 Å². The molecule has 14 heteroatoms. The van der Waals surface area contributed by atoms with Crippen LogP contribution in [0.2, 0.25) is 0 Å². The molecule has 1 aliphatic rings. The van der Waals surface area contributed by atoms with E-state index < -0.39 is 29.6 Å². The normalized spacial score (nSPS) is 17.2. The molecular weight excluding hydrogens is 602 g/mol. The maximum atomic E-state index is 13.6. The highest BCUT2D eigenvalue weighted by Gasteiger charge is 2.30. The molecule has 2 aromatic carbocycles. The summed E-state index contributed by atoms with van der Waals surface area (Å²) in [5.41, 5.74) is 1.59. The van der Waals surface area contributed by atoms with Crippen LogP contribution in [0.3, 0.4) is 0 Å². The fourth-order valence-corrected chi connectivity index (χ4v) is 5.86. The van der Waals surface area contributed by atoms with Crippen LogP contribution in [-0.4, -0.2) is 64.9 Å². The predicted octanol–water partition coefficient (Wildman–Crippen LogP) is 4.97. The van der Waals surface area contributed by atoms with Gasteiger partial charge in [-0.3, -0.25) is 0 Å². The van der Waals surface area contributed by atoms with Gasteiger partial charge in [0.2, 0.25) is 16.9 Å². The van der Waals surface area contributed by atoms with Crippen molar-refractivity contribution in [3.63, 3.8) is 0 Å². The third kappa shape index (κ3) is 9.25. The van der Waals surface area contributed by atoms with Gasteiger partial charge in [0.1, 0.15) is 12.3 Å². The Hall–Kier alpha value is -3.51. The molecule has 1 saturated carbocycles. The van der Waals surface area contributed by atoms with Gasteiger partial charge < -0.3 is 30.0 Å². The molecule has 0 unspecified atom stereocenters. The van der Waals surface area contributed by atoms with Crippen LogP contribution in [-0.2, 0) is 21.3 Å². The van der Waals surface area contributed by atoms with E-state index in [0.29, 0.717) is 16.9 Å². The van der Waals surface area contributed by atoms with Crippen LogP contribution in [0.15, 0.2) is 47.4 Å². The third-order valence-corrected chi connectivity index (χ3v) is 8.31. The molecule has 0 aliphatic heterocycles. The molecule has 9 nitrogen and oxygen atoms in total. The number of anilines is 2. The summed E-state index contributed by atoms with van der Waals surface area (Å²) in [4.78, 5) is -0.263. The summed E-state index contributed by atoms with van der Waals surface area (Å²) >= 11 is 0. The molecule has 1 heterocycles. The zero-order valence-electron chi connectivity index (χ0n) is 24.3. The van der Waals surface area contributed by atoms with Gasteiger partial charge in [0, 0.05) is 42.9 Å². The van der Waals surface area contributed by atoms with Gasteiger partial charge in [0.15, 0.2) is 0 Å². The van der Waals surface area contributed by atoms with Crippen molar-refractivity contribution in [1.29, 1.82) is 0 Å². The minimum atomic E-state index is -4.47. The number of methoxy groups -OCH3 is 1. The first-order valence-corrected chi connectivity index (χ1v) is 15.8. The molecule has 240 valence electrons. The first-order chi connectivity index (χ1) is 21.0. The van der Waals surface area contributed by atoms with Crippen molar-refractivity contribution < 1.29 is 35.5 Å². The Morgan fingerprint density at radius 1 is 1.07 bits per heavy atom. The first-order valence-electron chi connectivity index (χ1n) is 14.2. The van der Waals surface area contributed by atoms with Crippen molar-refractivity contribution in [2.24, 2.45) is 5.14 Å². The number of aromatic nitrogens is 1. The summed E-state index contributed by atoms with van der Waals surface area (Å²) in [5.74, 6) is 5.53. The Labute approximate surface area is 254 Å². The van der Waals surface area contributed by atoms with E-state index in [-0.39, 0.29) is 34.6 Å². The number of nitrogens with two attached hydrogens (primary N) is 1. The van der Waals surface area contributed by atoms with E-state index in [1.807, 2.05) is 6.07 Å². The summed E-state index contributed by atoms with van der Waals surface area (Å²) in [6.07, 6.45) is 0.362. The number of primary sulfonamides is 1. The fraction of sp³-hybridized carbons (Fsp3) is 0.467. The van der Waals surface area contributed by atoms with Gasteiger partial charge in [0.25, 0.3) is 0 Å². The number of alkyl halides is 4. The highest BCUT2D eigenvalue weighted by molar-refractivity contribution is 7.89. The standard InChI is InChI=1S/C30H37F4N5O4S/c1-42-16-4-15-36-21-8-10-22(11-9-21)38-26-6-2-7-28-25(26)17-23(39(28)19-30(32,33)34)5-3-14-37-27-13-12-24(44(35,40)41)18-29(27)43-20-31/h2,6-7,12-13,17-18,21-22,36-38H,4,8-11,14-16,19-20H2,1H3,(H2,35,40,41). The summed E-state index contributed by atoms with van der Waals surface area (Å²) < 4.78 is 88.0. The van der Waals surface area contributed by atoms with Gasteiger partial charge in [-0.15, -0.1) is 0 Å². The van der Waals surface area contributed by atoms with Crippen LogP contribution >= 0.6 is 0 Å². The maximum absolute atomic E-state index is 13.6. The number of benzene rings is 2. The van der Waals surface area contributed by atoms with Gasteiger partial charge >= 0.3 is 6.18 Å². The second-order valence-corrected chi connectivity index (χ2v) is 12.1. The Balaban J connectivity index is 1.50. The van der Waals surface area contributed by atoms with Gasteiger partial charge in [-0.1, -0.05) is 12.0 Å². The molecule has 0 amide bonds. The zero-order chi connectivity index (χ0) is 31.7. The number of sulfonamides is 1. The molecule has 1 aromatic heterocycles. The van der Waals surface area contributed by atoms with Crippen molar-refractivity contribution in [2.45, 2.75) is 61.8 Å². The molecule has 0 radical (unpaired) electrons. The van der Waals surface area contributed by atoms with Crippen LogP contribution in [0.5, 0.6) is 5.75 Å². The van der Waals surface area contributed by atoms with Crippen molar-refractivity contribution in [1.82, 2.24) is 9.88 Å². The molecular formula is C30H37F4N5O4S. The minimum absolute atomic E-state index is 0.0429. The van der Waals surface area contributed by atoms with Crippen molar-refractivity contribution in [2.75, 3.05) is 44.3 Å². The number of ether oxygens (including phenoxy) is 2. The first kappa shape index (κ1) is 33.4. The third-order valence-electron chi connectivity index (χ3n) is 7.40. The fourth-order valence-electron chi connectivity index (χ4n) is 5.33. The average Bonchev–Trinajstić information content (AvgIpc) is 3.31. The SMILES string of the molecule is COCCCNC1CCC(Nc2cccc3c2cc(C#CCNc2ccc(S(N)(=O)=O)cc2OCF)n3CC(F)(F)F)CC1. The highest BCUT2D eigenvalue weighted by Crippen LogP contribution is 2.32. The monoisotopic (exact) mass is 639 g/mol. The molecule has 44 heavy (non-hydrogen) atoms. The largest absolute Gasteiger partial charge is 0.461 e. The quantitative estimate of drug-likeness (QED) is 0.119. The maximum Gasteiger partial charge on any atom is 0.406 e. The number of nitrogens with one attached hydrogen (secondary N) is 3. The summed E-state index contributed by atoms with van der Waals surface area (Å²) in [5, 5.41) is 15.8. The minimum Gasteiger partial charge on any atom is -0.461 e. The Morgan fingerprint density at radius 2 is 1.82 bits per heavy atom. The van der Waals surface area contributed by atoms with Crippen LogP contribution in [0.1, 0.15) is 37.8 Å². The Kier molecular flexibility index (Phi) is 11.4. The summed E-state index contributed by atoms with van der Waals surface area (Å²) in [6, 6.07) is 11.2. The smallest absolute Gasteiger partial charge is 0.406 e. The molecule has 0 atom stereocenters. The lowest BCUT2D eigenvalue weighted by Gasteiger charge is -2.30. The van der Waals surface area contributed by atoms with E-state index in [9.17, 15) is 26.0 Å². The molecule has 5 N–H and O–H groups in total. The number of hydrogen-bond donors (Lipinski definition) is 4. The predicted molar refractivity (Wildman–Crippen MR) is 162 cm³/mol. The molecule has 0 bridgehead atoms. The highest BCUT2D eigenvalue weighted by atomic mass is 32.2. The van der Waals surface area contributed by atoms with Crippen molar-refractivity contribution in [3.05, 3.63) is 48.2 Å². The van der Waals surface area contributed by atoms with Crippen LogP contribution in [0, 0.1) is 11.8 Å². The van der Waals surface area contributed by atoms with Gasteiger partial charge in [0.05, 0.1) is 28.3 Å². The van der Waals surface area contributed by atoms with Gasteiger partial charge in [-0.05, 0) is 74.9 Å². The molecule has 1 aliphatic carbocycles. The second-order valence-electron chi connectivity index (χ2n) is 10.6. The van der Waals surface area contributed by atoms with E-state index in [0.717, 1.165) is 61.6 Å². The van der Waals surface area contributed by atoms with E-state index in [1.54, 1.807) is 25.3 Å².